The maximum atomic E-state index is 5.68. The van der Waals surface area contributed by atoms with Gasteiger partial charge in [0.05, 0.1) is 49.8 Å². The van der Waals surface area contributed by atoms with E-state index in [2.05, 4.69) is 237 Å². The first kappa shape index (κ1) is 38.5. The van der Waals surface area contributed by atoms with Gasteiger partial charge in [0, 0.05) is 65.6 Å². The van der Waals surface area contributed by atoms with Gasteiger partial charge in [-0.2, -0.15) is 9.97 Å². The minimum atomic E-state index is 0.530. The van der Waals surface area contributed by atoms with Crippen LogP contribution in [0.4, 0.5) is 0 Å². The van der Waals surface area contributed by atoms with E-state index in [4.69, 9.17) is 15.0 Å². The molecule has 7 nitrogen and oxygen atoms in total. The normalized spacial score (nSPS) is 12.0. The lowest BCUT2D eigenvalue weighted by molar-refractivity contribution is 0.951. The van der Waals surface area contributed by atoms with Crippen LogP contribution < -0.4 is 0 Å². The van der Waals surface area contributed by atoms with E-state index in [1.165, 1.54) is 16.2 Å². The van der Waals surface area contributed by atoms with Gasteiger partial charge >= 0.3 is 0 Å². The van der Waals surface area contributed by atoms with Gasteiger partial charge in [-0.15, -0.1) is 0 Å². The molecule has 5 aromatic heterocycles. The lowest BCUT2D eigenvalue weighted by Crippen LogP contribution is -2.08. The Morgan fingerprint density at radius 1 is 0.271 bits per heavy atom. The van der Waals surface area contributed by atoms with Gasteiger partial charge in [-0.3, -0.25) is 4.57 Å². The standard InChI is InChI=1S/C63H39N7/c1-4-21-40(22-5-1)61-64-62(48-32-20-38-55-57(48)46-30-13-18-36-53(46)67(55)41-23-6-2-7-24-41)66-63(65-61)70-54-37-19-14-31-47(54)58-59-49(45-29-12-15-33-50(45)68(59)42-25-8-3-9-26-42)39-56(60(58)70)69-51-34-16-10-27-43(51)44-28-11-17-35-52(44)69/h1-39H. The van der Waals surface area contributed by atoms with Crippen molar-refractivity contribution >= 4 is 87.2 Å². The van der Waals surface area contributed by atoms with Crippen molar-refractivity contribution in [3.63, 3.8) is 0 Å². The van der Waals surface area contributed by atoms with E-state index in [1.54, 1.807) is 0 Å². The highest BCUT2D eigenvalue weighted by molar-refractivity contribution is 6.29. The van der Waals surface area contributed by atoms with Gasteiger partial charge in [0.2, 0.25) is 5.95 Å². The van der Waals surface area contributed by atoms with Crippen molar-refractivity contribution in [2.45, 2.75) is 0 Å². The van der Waals surface area contributed by atoms with Crippen molar-refractivity contribution in [2.75, 3.05) is 0 Å². The van der Waals surface area contributed by atoms with Gasteiger partial charge < -0.3 is 13.7 Å². The van der Waals surface area contributed by atoms with E-state index >= 15 is 0 Å². The number of nitrogens with zero attached hydrogens (tertiary/aromatic N) is 7. The fourth-order valence-electron chi connectivity index (χ4n) is 11.4. The molecule has 0 bridgehead atoms. The predicted octanol–water partition coefficient (Wildman–Crippen LogP) is 15.6. The molecule has 0 fully saturated rings. The molecule has 0 aliphatic rings. The molecular weight excluding hydrogens is 855 g/mol. The zero-order valence-corrected chi connectivity index (χ0v) is 37.6. The van der Waals surface area contributed by atoms with E-state index in [0.29, 0.717) is 17.6 Å². The zero-order valence-electron chi connectivity index (χ0n) is 37.6. The molecule has 326 valence electrons. The van der Waals surface area contributed by atoms with Crippen LogP contribution >= 0.6 is 0 Å². The number of rotatable bonds is 6. The van der Waals surface area contributed by atoms with Gasteiger partial charge in [-0.05, 0) is 66.7 Å². The average Bonchev–Trinajstić information content (AvgIpc) is 4.17. The summed E-state index contributed by atoms with van der Waals surface area (Å²) in [5.41, 5.74) is 13.7. The van der Waals surface area contributed by atoms with E-state index in [-0.39, 0.29) is 0 Å². The summed E-state index contributed by atoms with van der Waals surface area (Å²) in [4.78, 5) is 16.6. The molecule has 0 atom stereocenters. The highest BCUT2D eigenvalue weighted by Crippen LogP contribution is 2.47. The number of hydrogen-bond acceptors (Lipinski definition) is 3. The maximum Gasteiger partial charge on any atom is 0.238 e. The lowest BCUT2D eigenvalue weighted by Gasteiger charge is -2.16. The highest BCUT2D eigenvalue weighted by Gasteiger charge is 2.28. The van der Waals surface area contributed by atoms with Crippen LogP contribution in [0.2, 0.25) is 0 Å². The fourth-order valence-corrected chi connectivity index (χ4v) is 11.4. The second-order valence-corrected chi connectivity index (χ2v) is 18.0. The Morgan fingerprint density at radius 2 is 0.714 bits per heavy atom. The minimum absolute atomic E-state index is 0.530. The van der Waals surface area contributed by atoms with Crippen molar-refractivity contribution in [1.29, 1.82) is 0 Å². The summed E-state index contributed by atoms with van der Waals surface area (Å²) in [6.45, 7) is 0. The SMILES string of the molecule is c1ccc(-c2nc(-c3cccc4c3c3ccccc3n4-c3ccccc3)nc(-n3c4ccccc4c4c3c(-n3c5ccccc5c5ccccc53)cc3c5ccccc5n(-c5ccccc5)c34)n2)cc1. The lowest BCUT2D eigenvalue weighted by atomic mass is 10.1. The molecule has 70 heavy (non-hydrogen) atoms. The summed E-state index contributed by atoms with van der Waals surface area (Å²) < 4.78 is 9.55. The van der Waals surface area contributed by atoms with Gasteiger partial charge in [-0.1, -0.05) is 170 Å². The molecule has 7 heteroatoms. The molecule has 0 N–H and O–H groups in total. The summed E-state index contributed by atoms with van der Waals surface area (Å²) in [5.74, 6) is 1.71. The van der Waals surface area contributed by atoms with E-state index in [1.807, 2.05) is 18.2 Å². The molecule has 0 aliphatic carbocycles. The highest BCUT2D eigenvalue weighted by atomic mass is 15.2. The number of fused-ring (bicyclic) bond motifs is 13. The molecule has 0 amide bonds. The topological polar surface area (TPSA) is 58.4 Å². The smallest absolute Gasteiger partial charge is 0.238 e. The molecule has 0 unspecified atom stereocenters. The summed E-state index contributed by atoms with van der Waals surface area (Å²) in [7, 11) is 0. The molecule has 15 aromatic rings. The van der Waals surface area contributed by atoms with Crippen LogP contribution in [0, 0.1) is 0 Å². The third-order valence-electron chi connectivity index (χ3n) is 14.2. The Morgan fingerprint density at radius 3 is 1.33 bits per heavy atom. The summed E-state index contributed by atoms with van der Waals surface area (Å²) >= 11 is 0. The Hall–Kier alpha value is -9.59. The Kier molecular flexibility index (Phi) is 8.23. The van der Waals surface area contributed by atoms with Crippen molar-refractivity contribution in [2.24, 2.45) is 0 Å². The van der Waals surface area contributed by atoms with E-state index < -0.39 is 0 Å². The van der Waals surface area contributed by atoms with Crippen molar-refractivity contribution in [3.05, 3.63) is 237 Å². The summed E-state index contributed by atoms with van der Waals surface area (Å²) in [6.07, 6.45) is 0. The Bertz CT molecular complexity index is 4520. The van der Waals surface area contributed by atoms with Crippen LogP contribution in [-0.2, 0) is 0 Å². The zero-order chi connectivity index (χ0) is 45.9. The Labute approximate surface area is 401 Å². The van der Waals surface area contributed by atoms with Crippen LogP contribution in [0.25, 0.3) is 133 Å². The number of hydrogen-bond donors (Lipinski definition) is 0. The monoisotopic (exact) mass is 893 g/mol. The number of aromatic nitrogens is 7. The number of para-hydroxylation sites is 7. The predicted molar refractivity (Wildman–Crippen MR) is 288 cm³/mol. The third kappa shape index (κ3) is 5.48. The molecule has 10 aromatic carbocycles. The third-order valence-corrected chi connectivity index (χ3v) is 14.2. The van der Waals surface area contributed by atoms with Crippen molar-refractivity contribution in [1.82, 2.24) is 33.2 Å². The van der Waals surface area contributed by atoms with Crippen LogP contribution in [0.15, 0.2) is 237 Å². The van der Waals surface area contributed by atoms with Gasteiger partial charge in [0.25, 0.3) is 0 Å². The minimum Gasteiger partial charge on any atom is -0.309 e. The molecule has 5 heterocycles. The van der Waals surface area contributed by atoms with Crippen molar-refractivity contribution in [3.8, 4) is 45.8 Å². The number of benzene rings is 10. The molecule has 0 radical (unpaired) electrons. The van der Waals surface area contributed by atoms with E-state index in [9.17, 15) is 0 Å². The van der Waals surface area contributed by atoms with Gasteiger partial charge in [0.15, 0.2) is 11.6 Å². The van der Waals surface area contributed by atoms with Crippen LogP contribution in [0.5, 0.6) is 0 Å². The molecule has 0 saturated carbocycles. The Balaban J connectivity index is 1.14. The van der Waals surface area contributed by atoms with Gasteiger partial charge in [-0.25, -0.2) is 4.98 Å². The second-order valence-electron chi connectivity index (χ2n) is 18.0. The fraction of sp³-hybridized carbons (Fsp3) is 0. The molecule has 0 aliphatic heterocycles. The molecule has 0 saturated heterocycles. The molecule has 15 rings (SSSR count). The first-order valence-corrected chi connectivity index (χ1v) is 23.7. The van der Waals surface area contributed by atoms with Crippen LogP contribution in [-0.4, -0.2) is 33.2 Å². The van der Waals surface area contributed by atoms with Crippen LogP contribution in [0.1, 0.15) is 0 Å². The maximum absolute atomic E-state index is 5.68. The summed E-state index contributed by atoms with van der Waals surface area (Å²) in [5, 5.41) is 9.15. The first-order valence-electron chi connectivity index (χ1n) is 23.7. The quantitative estimate of drug-likeness (QED) is 0.167. The van der Waals surface area contributed by atoms with Crippen LogP contribution in [0.3, 0.4) is 0 Å². The summed E-state index contributed by atoms with van der Waals surface area (Å²) in [6, 6.07) is 84.2. The average molecular weight is 894 g/mol. The van der Waals surface area contributed by atoms with E-state index in [0.717, 1.165) is 99.3 Å². The second kappa shape index (κ2) is 15.0. The first-order chi connectivity index (χ1) is 34.8. The molecule has 0 spiro atoms. The van der Waals surface area contributed by atoms with Crippen molar-refractivity contribution < 1.29 is 0 Å². The van der Waals surface area contributed by atoms with Gasteiger partial charge in [0.1, 0.15) is 0 Å². The largest absolute Gasteiger partial charge is 0.309 e. The molecular formula is C63H39N7.